The summed E-state index contributed by atoms with van der Waals surface area (Å²) >= 11 is 4.79. The Bertz CT molecular complexity index is 444. The largest absolute Gasteiger partial charge is 0.388 e. The predicted molar refractivity (Wildman–Crippen MR) is 78.9 cm³/mol. The summed E-state index contributed by atoms with van der Waals surface area (Å²) in [6.45, 7) is 7.07. The highest BCUT2D eigenvalue weighted by molar-refractivity contribution is 7.80. The summed E-state index contributed by atoms with van der Waals surface area (Å²) in [5.41, 5.74) is 5.90. The van der Waals surface area contributed by atoms with Crippen LogP contribution in [-0.4, -0.2) is 44.9 Å². The van der Waals surface area contributed by atoms with Crippen LogP contribution in [0.25, 0.3) is 0 Å². The standard InChI is InChI=1S/C12H19N5OS/c1-4-17(5-2)12(18)8(3)16-10-7-14-9(6-15-10)11(13)19/h6-8H,4-5H2,1-3H3,(H2,13,19)(H,15,16). The number of rotatable bonds is 6. The maximum Gasteiger partial charge on any atom is 0.244 e. The lowest BCUT2D eigenvalue weighted by molar-refractivity contribution is -0.131. The van der Waals surface area contributed by atoms with Crippen LogP contribution >= 0.6 is 12.2 Å². The lowest BCUT2D eigenvalue weighted by Gasteiger charge is -2.23. The number of carbonyl (C=O) groups is 1. The summed E-state index contributed by atoms with van der Waals surface area (Å²) in [5, 5.41) is 3.01. The zero-order valence-electron chi connectivity index (χ0n) is 11.4. The van der Waals surface area contributed by atoms with E-state index in [1.54, 1.807) is 11.8 Å². The monoisotopic (exact) mass is 281 g/mol. The van der Waals surface area contributed by atoms with Gasteiger partial charge in [0.2, 0.25) is 5.91 Å². The molecular formula is C12H19N5OS. The summed E-state index contributed by atoms with van der Waals surface area (Å²) in [6, 6.07) is -0.357. The molecule has 3 N–H and O–H groups in total. The van der Waals surface area contributed by atoms with Gasteiger partial charge in [-0.15, -0.1) is 0 Å². The summed E-state index contributed by atoms with van der Waals surface area (Å²) in [6.07, 6.45) is 3.00. The zero-order chi connectivity index (χ0) is 14.4. The topological polar surface area (TPSA) is 84.1 Å². The molecule has 7 heteroatoms. The lowest BCUT2D eigenvalue weighted by Crippen LogP contribution is -2.41. The van der Waals surface area contributed by atoms with E-state index >= 15 is 0 Å². The number of hydrogen-bond donors (Lipinski definition) is 2. The molecule has 1 aromatic heterocycles. The predicted octanol–water partition coefficient (Wildman–Crippen LogP) is 0.780. The van der Waals surface area contributed by atoms with Gasteiger partial charge in [-0.3, -0.25) is 4.79 Å². The lowest BCUT2D eigenvalue weighted by atomic mass is 10.3. The van der Waals surface area contributed by atoms with Gasteiger partial charge in [-0.05, 0) is 20.8 Å². The molecule has 0 saturated carbocycles. The molecule has 0 aliphatic heterocycles. The first-order chi connectivity index (χ1) is 8.99. The number of likely N-dealkylation sites (N-methyl/N-ethyl adjacent to an activating group) is 1. The molecule has 1 aromatic rings. The Hall–Kier alpha value is -1.76. The van der Waals surface area contributed by atoms with Crippen molar-refractivity contribution >= 4 is 28.9 Å². The summed E-state index contributed by atoms with van der Waals surface area (Å²) in [4.78, 5) is 22.2. The average Bonchev–Trinajstić information content (AvgIpc) is 2.40. The molecule has 0 bridgehead atoms. The summed E-state index contributed by atoms with van der Waals surface area (Å²) in [5.74, 6) is 0.554. The maximum absolute atomic E-state index is 12.1. The Labute approximate surface area is 118 Å². The van der Waals surface area contributed by atoms with E-state index in [2.05, 4.69) is 15.3 Å². The van der Waals surface area contributed by atoms with Crippen LogP contribution in [0.1, 0.15) is 26.5 Å². The molecule has 1 rings (SSSR count). The summed E-state index contributed by atoms with van der Waals surface area (Å²) in [7, 11) is 0. The van der Waals surface area contributed by atoms with Crippen LogP contribution in [0.4, 0.5) is 5.82 Å². The normalized spacial score (nSPS) is 11.7. The second-order valence-electron chi connectivity index (χ2n) is 4.03. The van der Waals surface area contributed by atoms with Gasteiger partial charge >= 0.3 is 0 Å². The van der Waals surface area contributed by atoms with Gasteiger partial charge in [-0.1, -0.05) is 12.2 Å². The van der Waals surface area contributed by atoms with E-state index in [0.717, 1.165) is 0 Å². The second kappa shape index (κ2) is 6.98. The number of aromatic nitrogens is 2. The first kappa shape index (κ1) is 15.3. The maximum atomic E-state index is 12.1. The van der Waals surface area contributed by atoms with E-state index < -0.39 is 0 Å². The highest BCUT2D eigenvalue weighted by Gasteiger charge is 2.18. The van der Waals surface area contributed by atoms with Crippen molar-refractivity contribution in [3.8, 4) is 0 Å². The van der Waals surface area contributed by atoms with Crippen LogP contribution < -0.4 is 11.1 Å². The SMILES string of the molecule is CCN(CC)C(=O)C(C)Nc1cnc(C(N)=S)cn1. The number of amides is 1. The minimum Gasteiger partial charge on any atom is -0.388 e. The molecule has 1 amide bonds. The second-order valence-corrected chi connectivity index (χ2v) is 4.47. The minimum absolute atomic E-state index is 0.0326. The average molecular weight is 281 g/mol. The van der Waals surface area contributed by atoms with Crippen LogP contribution in [0.15, 0.2) is 12.4 Å². The minimum atomic E-state index is -0.357. The Morgan fingerprint density at radius 1 is 1.42 bits per heavy atom. The Morgan fingerprint density at radius 2 is 2.05 bits per heavy atom. The number of anilines is 1. The van der Waals surface area contributed by atoms with E-state index in [0.29, 0.717) is 24.6 Å². The van der Waals surface area contributed by atoms with Crippen LogP contribution in [0.2, 0.25) is 0 Å². The molecular weight excluding hydrogens is 262 g/mol. The number of hydrogen-bond acceptors (Lipinski definition) is 5. The van der Waals surface area contributed by atoms with E-state index in [9.17, 15) is 4.79 Å². The molecule has 0 aromatic carbocycles. The summed E-state index contributed by atoms with van der Waals surface area (Å²) < 4.78 is 0. The van der Waals surface area contributed by atoms with Gasteiger partial charge in [0.05, 0.1) is 12.4 Å². The number of nitrogens with one attached hydrogen (secondary N) is 1. The van der Waals surface area contributed by atoms with Crippen molar-refractivity contribution in [1.82, 2.24) is 14.9 Å². The molecule has 104 valence electrons. The van der Waals surface area contributed by atoms with Gasteiger partial charge < -0.3 is 16.0 Å². The van der Waals surface area contributed by atoms with Crippen molar-refractivity contribution in [3.05, 3.63) is 18.1 Å². The van der Waals surface area contributed by atoms with E-state index in [1.165, 1.54) is 12.4 Å². The van der Waals surface area contributed by atoms with Crippen molar-refractivity contribution in [2.45, 2.75) is 26.8 Å². The molecule has 1 unspecified atom stereocenters. The fraction of sp³-hybridized carbons (Fsp3) is 0.500. The van der Waals surface area contributed by atoms with Crippen LogP contribution in [0.5, 0.6) is 0 Å². The third-order valence-corrected chi connectivity index (χ3v) is 2.92. The molecule has 0 saturated heterocycles. The van der Waals surface area contributed by atoms with Gasteiger partial charge in [0.25, 0.3) is 0 Å². The first-order valence-electron chi connectivity index (χ1n) is 6.16. The fourth-order valence-corrected chi connectivity index (χ4v) is 1.73. The number of nitrogens with zero attached hydrogens (tertiary/aromatic N) is 3. The van der Waals surface area contributed by atoms with Gasteiger partial charge in [0.1, 0.15) is 22.5 Å². The van der Waals surface area contributed by atoms with Crippen molar-refractivity contribution < 1.29 is 4.79 Å². The molecule has 0 radical (unpaired) electrons. The van der Waals surface area contributed by atoms with Crippen LogP contribution in [0.3, 0.4) is 0 Å². The highest BCUT2D eigenvalue weighted by atomic mass is 32.1. The van der Waals surface area contributed by atoms with E-state index in [-0.39, 0.29) is 16.9 Å². The number of nitrogens with two attached hydrogens (primary N) is 1. The van der Waals surface area contributed by atoms with Crippen molar-refractivity contribution in [1.29, 1.82) is 0 Å². The smallest absolute Gasteiger partial charge is 0.244 e. The third kappa shape index (κ3) is 4.13. The molecule has 1 atom stereocenters. The van der Waals surface area contributed by atoms with Gasteiger partial charge in [0.15, 0.2) is 0 Å². The number of carbonyl (C=O) groups excluding carboxylic acids is 1. The van der Waals surface area contributed by atoms with Crippen molar-refractivity contribution in [2.24, 2.45) is 5.73 Å². The van der Waals surface area contributed by atoms with Gasteiger partial charge in [-0.2, -0.15) is 0 Å². The fourth-order valence-electron chi connectivity index (χ4n) is 1.62. The van der Waals surface area contributed by atoms with Crippen molar-refractivity contribution in [2.75, 3.05) is 18.4 Å². The molecule has 1 heterocycles. The molecule has 0 spiro atoms. The third-order valence-electron chi connectivity index (χ3n) is 2.71. The number of thiocarbonyl (C=S) groups is 1. The highest BCUT2D eigenvalue weighted by Crippen LogP contribution is 2.05. The zero-order valence-corrected chi connectivity index (χ0v) is 12.2. The van der Waals surface area contributed by atoms with Crippen LogP contribution in [0, 0.1) is 0 Å². The Morgan fingerprint density at radius 3 is 2.47 bits per heavy atom. The molecule has 0 fully saturated rings. The van der Waals surface area contributed by atoms with Gasteiger partial charge in [0, 0.05) is 13.1 Å². The van der Waals surface area contributed by atoms with E-state index in [1.807, 2.05) is 13.8 Å². The van der Waals surface area contributed by atoms with Crippen LogP contribution in [-0.2, 0) is 4.79 Å². The molecule has 0 aliphatic carbocycles. The Kier molecular flexibility index (Phi) is 5.62. The molecule has 6 nitrogen and oxygen atoms in total. The van der Waals surface area contributed by atoms with Gasteiger partial charge in [-0.25, -0.2) is 9.97 Å². The quantitative estimate of drug-likeness (QED) is 0.750. The van der Waals surface area contributed by atoms with Crippen molar-refractivity contribution in [3.63, 3.8) is 0 Å². The molecule has 19 heavy (non-hydrogen) atoms. The first-order valence-corrected chi connectivity index (χ1v) is 6.57. The Balaban J connectivity index is 2.68. The molecule has 0 aliphatic rings. The van der Waals surface area contributed by atoms with E-state index in [4.69, 9.17) is 18.0 Å².